The van der Waals surface area contributed by atoms with Gasteiger partial charge in [0.05, 0.1) is 12.7 Å². The van der Waals surface area contributed by atoms with Crippen LogP contribution in [0.4, 0.5) is 0 Å². The van der Waals surface area contributed by atoms with Gasteiger partial charge in [0, 0.05) is 31.4 Å². The van der Waals surface area contributed by atoms with E-state index in [1.807, 2.05) is 38.2 Å². The quantitative estimate of drug-likeness (QED) is 0.847. The molecule has 0 bridgehead atoms. The average molecular weight is 302 g/mol. The maximum absolute atomic E-state index is 12.4. The van der Waals surface area contributed by atoms with E-state index in [4.69, 9.17) is 4.74 Å². The van der Waals surface area contributed by atoms with Crippen molar-refractivity contribution in [3.8, 4) is 17.0 Å². The minimum atomic E-state index is -0.142. The summed E-state index contributed by atoms with van der Waals surface area (Å²) in [7, 11) is 5.27. The third kappa shape index (κ3) is 3.46. The SMILES string of the molecule is CNC(C)CNC(=O)c1cn(C)nc1-c1ccccc1OC. The Bertz CT molecular complexity index is 651. The lowest BCUT2D eigenvalue weighted by Gasteiger charge is -2.12. The van der Waals surface area contributed by atoms with Crippen molar-refractivity contribution in [2.24, 2.45) is 7.05 Å². The molecule has 2 N–H and O–H groups in total. The molecule has 1 atom stereocenters. The Morgan fingerprint density at radius 2 is 2.14 bits per heavy atom. The van der Waals surface area contributed by atoms with Gasteiger partial charge in [-0.05, 0) is 26.1 Å². The zero-order valence-corrected chi connectivity index (χ0v) is 13.4. The summed E-state index contributed by atoms with van der Waals surface area (Å²) in [5.74, 6) is 0.551. The summed E-state index contributed by atoms with van der Waals surface area (Å²) in [6.07, 6.45) is 1.72. The summed E-state index contributed by atoms with van der Waals surface area (Å²) in [6.45, 7) is 2.56. The van der Waals surface area contributed by atoms with Crippen LogP contribution in [0.2, 0.25) is 0 Å². The van der Waals surface area contributed by atoms with Crippen LogP contribution in [0.5, 0.6) is 5.75 Å². The highest BCUT2D eigenvalue weighted by molar-refractivity contribution is 6.00. The van der Waals surface area contributed by atoms with Crippen molar-refractivity contribution in [3.05, 3.63) is 36.0 Å². The van der Waals surface area contributed by atoms with Gasteiger partial charge in [-0.3, -0.25) is 9.48 Å². The van der Waals surface area contributed by atoms with E-state index in [-0.39, 0.29) is 11.9 Å². The summed E-state index contributed by atoms with van der Waals surface area (Å²) in [5.41, 5.74) is 1.96. The van der Waals surface area contributed by atoms with Gasteiger partial charge in [0.1, 0.15) is 11.4 Å². The Morgan fingerprint density at radius 3 is 2.82 bits per heavy atom. The van der Waals surface area contributed by atoms with Crippen molar-refractivity contribution in [1.82, 2.24) is 20.4 Å². The second-order valence-electron chi connectivity index (χ2n) is 5.17. The fourth-order valence-electron chi connectivity index (χ4n) is 2.14. The van der Waals surface area contributed by atoms with E-state index in [0.29, 0.717) is 23.6 Å². The fraction of sp³-hybridized carbons (Fsp3) is 0.375. The number of nitrogens with one attached hydrogen (secondary N) is 2. The first kappa shape index (κ1) is 16.0. The van der Waals surface area contributed by atoms with Crippen molar-refractivity contribution in [2.75, 3.05) is 20.7 Å². The molecule has 1 aromatic heterocycles. The lowest BCUT2D eigenvalue weighted by atomic mass is 10.1. The van der Waals surface area contributed by atoms with E-state index in [2.05, 4.69) is 15.7 Å². The Balaban J connectivity index is 2.32. The number of aromatic nitrogens is 2. The van der Waals surface area contributed by atoms with Crippen molar-refractivity contribution in [3.63, 3.8) is 0 Å². The molecule has 1 amide bonds. The molecule has 0 aliphatic heterocycles. The molecule has 6 heteroatoms. The van der Waals surface area contributed by atoms with E-state index in [0.717, 1.165) is 5.56 Å². The molecule has 0 spiro atoms. The molecule has 2 aromatic rings. The van der Waals surface area contributed by atoms with Crippen LogP contribution in [0.15, 0.2) is 30.5 Å². The largest absolute Gasteiger partial charge is 0.496 e. The number of aryl methyl sites for hydroxylation is 1. The van der Waals surface area contributed by atoms with Gasteiger partial charge in [-0.25, -0.2) is 0 Å². The predicted molar refractivity (Wildman–Crippen MR) is 86.1 cm³/mol. The number of methoxy groups -OCH3 is 1. The van der Waals surface area contributed by atoms with E-state index in [1.165, 1.54) is 0 Å². The van der Waals surface area contributed by atoms with Gasteiger partial charge >= 0.3 is 0 Å². The normalized spacial score (nSPS) is 12.0. The Labute approximate surface area is 130 Å². The van der Waals surface area contributed by atoms with Gasteiger partial charge in [-0.1, -0.05) is 12.1 Å². The van der Waals surface area contributed by atoms with Gasteiger partial charge in [0.25, 0.3) is 5.91 Å². The molecule has 0 fully saturated rings. The lowest BCUT2D eigenvalue weighted by Crippen LogP contribution is -2.37. The third-order valence-corrected chi connectivity index (χ3v) is 3.50. The summed E-state index contributed by atoms with van der Waals surface area (Å²) in [4.78, 5) is 12.4. The van der Waals surface area contributed by atoms with E-state index in [9.17, 15) is 4.79 Å². The highest BCUT2D eigenvalue weighted by Gasteiger charge is 2.19. The second kappa shape index (κ2) is 7.09. The van der Waals surface area contributed by atoms with Crippen LogP contribution in [0.1, 0.15) is 17.3 Å². The number of amides is 1. The number of hydrogen-bond acceptors (Lipinski definition) is 4. The van der Waals surface area contributed by atoms with Crippen molar-refractivity contribution in [2.45, 2.75) is 13.0 Å². The number of benzene rings is 1. The number of nitrogens with zero attached hydrogens (tertiary/aromatic N) is 2. The zero-order chi connectivity index (χ0) is 16.1. The van der Waals surface area contributed by atoms with Crippen LogP contribution in [-0.2, 0) is 7.05 Å². The van der Waals surface area contributed by atoms with Gasteiger partial charge in [-0.15, -0.1) is 0 Å². The van der Waals surface area contributed by atoms with E-state index >= 15 is 0 Å². The van der Waals surface area contributed by atoms with Crippen molar-refractivity contribution in [1.29, 1.82) is 0 Å². The van der Waals surface area contributed by atoms with E-state index in [1.54, 1.807) is 25.0 Å². The molecular formula is C16H22N4O2. The molecule has 0 aliphatic carbocycles. The number of carbonyl (C=O) groups is 1. The molecule has 0 radical (unpaired) electrons. The first-order chi connectivity index (χ1) is 10.6. The number of carbonyl (C=O) groups excluding carboxylic acids is 1. The van der Waals surface area contributed by atoms with Gasteiger partial charge in [0.2, 0.25) is 0 Å². The fourth-order valence-corrected chi connectivity index (χ4v) is 2.14. The van der Waals surface area contributed by atoms with Crippen LogP contribution >= 0.6 is 0 Å². The summed E-state index contributed by atoms with van der Waals surface area (Å²) >= 11 is 0. The highest BCUT2D eigenvalue weighted by Crippen LogP contribution is 2.30. The number of rotatable bonds is 6. The van der Waals surface area contributed by atoms with E-state index < -0.39 is 0 Å². The Morgan fingerprint density at radius 1 is 1.41 bits per heavy atom. The minimum absolute atomic E-state index is 0.142. The molecular weight excluding hydrogens is 280 g/mol. The monoisotopic (exact) mass is 302 g/mol. The Hall–Kier alpha value is -2.34. The Kier molecular flexibility index (Phi) is 5.16. The number of ether oxygens (including phenoxy) is 1. The molecule has 1 heterocycles. The molecule has 1 unspecified atom stereocenters. The van der Waals surface area contributed by atoms with Crippen LogP contribution in [0.3, 0.4) is 0 Å². The third-order valence-electron chi connectivity index (χ3n) is 3.50. The van der Waals surface area contributed by atoms with Gasteiger partial charge in [0.15, 0.2) is 0 Å². The molecule has 22 heavy (non-hydrogen) atoms. The van der Waals surface area contributed by atoms with Crippen LogP contribution in [-0.4, -0.2) is 42.4 Å². The van der Waals surface area contributed by atoms with Crippen LogP contribution in [0.25, 0.3) is 11.3 Å². The molecule has 0 saturated carbocycles. The van der Waals surface area contributed by atoms with Crippen LogP contribution < -0.4 is 15.4 Å². The second-order valence-corrected chi connectivity index (χ2v) is 5.17. The van der Waals surface area contributed by atoms with Gasteiger partial charge in [-0.2, -0.15) is 5.10 Å². The number of para-hydroxylation sites is 1. The topological polar surface area (TPSA) is 68.2 Å². The van der Waals surface area contributed by atoms with Gasteiger partial charge < -0.3 is 15.4 Å². The number of likely N-dealkylation sites (N-methyl/N-ethyl adjacent to an activating group) is 1. The lowest BCUT2D eigenvalue weighted by molar-refractivity contribution is 0.0951. The first-order valence-corrected chi connectivity index (χ1v) is 7.19. The molecule has 0 saturated heterocycles. The summed E-state index contributed by atoms with van der Waals surface area (Å²) in [5, 5.41) is 10.4. The highest BCUT2D eigenvalue weighted by atomic mass is 16.5. The zero-order valence-electron chi connectivity index (χ0n) is 13.4. The molecule has 1 aromatic carbocycles. The summed E-state index contributed by atoms with van der Waals surface area (Å²) in [6, 6.07) is 7.75. The molecule has 6 nitrogen and oxygen atoms in total. The maximum Gasteiger partial charge on any atom is 0.255 e. The average Bonchev–Trinajstić information content (AvgIpc) is 2.93. The summed E-state index contributed by atoms with van der Waals surface area (Å²) < 4.78 is 7.01. The van der Waals surface area contributed by atoms with Crippen molar-refractivity contribution >= 4 is 5.91 Å². The molecule has 0 aliphatic rings. The standard InChI is InChI=1S/C16H22N4O2/c1-11(17-2)9-18-16(21)13-10-20(3)19-15(13)12-7-5-6-8-14(12)22-4/h5-8,10-11,17H,9H2,1-4H3,(H,18,21). The number of hydrogen-bond donors (Lipinski definition) is 2. The smallest absolute Gasteiger partial charge is 0.255 e. The maximum atomic E-state index is 12.4. The molecule has 2 rings (SSSR count). The predicted octanol–water partition coefficient (Wildman–Crippen LogP) is 1.43. The molecule has 118 valence electrons. The van der Waals surface area contributed by atoms with Crippen molar-refractivity contribution < 1.29 is 9.53 Å². The minimum Gasteiger partial charge on any atom is -0.496 e. The first-order valence-electron chi connectivity index (χ1n) is 7.19. The van der Waals surface area contributed by atoms with Crippen LogP contribution in [0, 0.1) is 0 Å².